The first-order valence-corrected chi connectivity index (χ1v) is 6.16. The van der Waals surface area contributed by atoms with Crippen LogP contribution in [0, 0.1) is 22.7 Å². The highest BCUT2D eigenvalue weighted by Crippen LogP contribution is 2.58. The van der Waals surface area contributed by atoms with E-state index in [1.165, 1.54) is 5.57 Å². The number of rotatable bonds is 1. The van der Waals surface area contributed by atoms with Crippen LogP contribution in [-0.4, -0.2) is 5.78 Å². The van der Waals surface area contributed by atoms with Gasteiger partial charge >= 0.3 is 0 Å². The van der Waals surface area contributed by atoms with Gasteiger partial charge < -0.3 is 0 Å². The van der Waals surface area contributed by atoms with E-state index in [9.17, 15) is 4.79 Å². The lowest BCUT2D eigenvalue weighted by Gasteiger charge is -2.54. The van der Waals surface area contributed by atoms with Crippen LogP contribution in [-0.2, 0) is 4.79 Å². The Morgan fingerprint density at radius 1 is 1.31 bits per heavy atom. The van der Waals surface area contributed by atoms with Gasteiger partial charge in [-0.3, -0.25) is 4.79 Å². The van der Waals surface area contributed by atoms with Crippen molar-refractivity contribution in [3.63, 3.8) is 0 Å². The molecule has 16 heavy (non-hydrogen) atoms. The van der Waals surface area contributed by atoms with Crippen molar-refractivity contribution in [3.8, 4) is 0 Å². The minimum atomic E-state index is 0.184. The summed E-state index contributed by atoms with van der Waals surface area (Å²) in [7, 11) is 0. The number of ketones is 1. The Kier molecular flexibility index (Phi) is 2.41. The molecule has 0 aromatic heterocycles. The molecule has 3 aliphatic rings. The van der Waals surface area contributed by atoms with Crippen molar-refractivity contribution in [2.45, 2.75) is 41.0 Å². The van der Waals surface area contributed by atoms with E-state index in [2.05, 4.69) is 46.8 Å². The molecule has 1 heteroatoms. The Balaban J connectivity index is 2.24. The molecule has 0 saturated heterocycles. The quantitative estimate of drug-likeness (QED) is 0.655. The zero-order chi connectivity index (χ0) is 12.1. The van der Waals surface area contributed by atoms with E-state index in [1.807, 2.05) is 6.08 Å². The van der Waals surface area contributed by atoms with Gasteiger partial charge in [-0.25, -0.2) is 0 Å². The van der Waals surface area contributed by atoms with Crippen LogP contribution < -0.4 is 0 Å². The molecule has 0 N–H and O–H groups in total. The van der Waals surface area contributed by atoms with Crippen LogP contribution in [0.5, 0.6) is 0 Å². The highest BCUT2D eigenvalue weighted by Gasteiger charge is 2.54. The molecule has 0 spiro atoms. The summed E-state index contributed by atoms with van der Waals surface area (Å²) < 4.78 is 0. The SMILES string of the molecule is CC(C)(C)/C=C/C1=CC(=O)[C@H]2C[C@@H]1C2(C)C. The standard InChI is InChI=1S/C15H22O/c1-14(2,3)7-6-10-8-13(16)12-9-11(10)15(12,4)5/h6-8,11-12H,9H2,1-5H3/b7-6+/t11-,12+/m0/s1. The van der Waals surface area contributed by atoms with Gasteiger partial charge in [-0.2, -0.15) is 0 Å². The van der Waals surface area contributed by atoms with Crippen molar-refractivity contribution in [2.24, 2.45) is 22.7 Å². The lowest BCUT2D eigenvalue weighted by atomic mass is 9.48. The predicted molar refractivity (Wildman–Crippen MR) is 67.1 cm³/mol. The molecule has 0 aliphatic heterocycles. The fourth-order valence-corrected chi connectivity index (χ4v) is 2.85. The summed E-state index contributed by atoms with van der Waals surface area (Å²) in [6.07, 6.45) is 7.30. The Morgan fingerprint density at radius 3 is 2.38 bits per heavy atom. The summed E-state index contributed by atoms with van der Waals surface area (Å²) in [5.74, 6) is 1.21. The molecule has 0 aromatic rings. The second-order valence-electron chi connectivity index (χ2n) is 6.91. The van der Waals surface area contributed by atoms with Crippen molar-refractivity contribution in [2.75, 3.05) is 0 Å². The van der Waals surface area contributed by atoms with Gasteiger partial charge in [0, 0.05) is 5.92 Å². The first-order chi connectivity index (χ1) is 7.22. The zero-order valence-electron chi connectivity index (χ0n) is 11.0. The molecule has 0 aromatic carbocycles. The maximum Gasteiger partial charge on any atom is 0.159 e. The molecule has 3 rings (SSSR count). The van der Waals surface area contributed by atoms with E-state index in [0.717, 1.165) is 6.42 Å². The first-order valence-electron chi connectivity index (χ1n) is 6.16. The van der Waals surface area contributed by atoms with Crippen LogP contribution in [0.2, 0.25) is 0 Å². The van der Waals surface area contributed by atoms with Gasteiger partial charge in [-0.15, -0.1) is 0 Å². The lowest BCUT2D eigenvalue weighted by molar-refractivity contribution is -0.133. The second kappa shape index (κ2) is 3.32. The average molecular weight is 218 g/mol. The molecule has 0 heterocycles. The van der Waals surface area contributed by atoms with Crippen molar-refractivity contribution in [1.29, 1.82) is 0 Å². The summed E-state index contributed by atoms with van der Waals surface area (Å²) in [4.78, 5) is 11.9. The Bertz CT molecular complexity index is 377. The van der Waals surface area contributed by atoms with Crippen LogP contribution in [0.4, 0.5) is 0 Å². The lowest BCUT2D eigenvalue weighted by Crippen LogP contribution is -2.52. The van der Waals surface area contributed by atoms with Crippen LogP contribution >= 0.6 is 0 Å². The van der Waals surface area contributed by atoms with Gasteiger partial charge in [-0.1, -0.05) is 46.8 Å². The molecule has 0 radical (unpaired) electrons. The molecule has 1 nitrogen and oxygen atoms in total. The maximum atomic E-state index is 11.9. The summed E-state index contributed by atoms with van der Waals surface area (Å²) in [5.41, 5.74) is 1.62. The van der Waals surface area contributed by atoms with E-state index < -0.39 is 0 Å². The Morgan fingerprint density at radius 2 is 1.94 bits per heavy atom. The molecule has 3 aliphatic carbocycles. The molecule has 88 valence electrons. The number of allylic oxidation sites excluding steroid dienone is 4. The maximum absolute atomic E-state index is 11.9. The van der Waals surface area contributed by atoms with Gasteiger partial charge in [-0.05, 0) is 34.8 Å². The van der Waals surface area contributed by atoms with Crippen molar-refractivity contribution in [1.82, 2.24) is 0 Å². The molecular weight excluding hydrogens is 196 g/mol. The summed E-state index contributed by atoms with van der Waals surface area (Å²) in [5, 5.41) is 0. The molecule has 2 bridgehead atoms. The van der Waals surface area contributed by atoms with E-state index in [0.29, 0.717) is 11.7 Å². The number of carbonyl (C=O) groups excluding carboxylic acids is 1. The summed E-state index contributed by atoms with van der Waals surface area (Å²) >= 11 is 0. The van der Waals surface area contributed by atoms with Crippen LogP contribution in [0.25, 0.3) is 0 Å². The zero-order valence-corrected chi connectivity index (χ0v) is 11.0. The van der Waals surface area contributed by atoms with E-state index in [4.69, 9.17) is 0 Å². The third kappa shape index (κ3) is 1.77. The van der Waals surface area contributed by atoms with Crippen LogP contribution in [0.3, 0.4) is 0 Å². The Hall–Kier alpha value is -0.850. The number of hydrogen-bond acceptors (Lipinski definition) is 1. The van der Waals surface area contributed by atoms with Gasteiger partial charge in [0.1, 0.15) is 0 Å². The van der Waals surface area contributed by atoms with Crippen molar-refractivity contribution in [3.05, 3.63) is 23.8 Å². The normalized spacial score (nSPS) is 32.6. The van der Waals surface area contributed by atoms with Gasteiger partial charge in [0.05, 0.1) is 0 Å². The van der Waals surface area contributed by atoms with Gasteiger partial charge in [0.2, 0.25) is 0 Å². The highest BCUT2D eigenvalue weighted by atomic mass is 16.1. The minimum absolute atomic E-state index is 0.184. The largest absolute Gasteiger partial charge is 0.295 e. The van der Waals surface area contributed by atoms with Crippen LogP contribution in [0.1, 0.15) is 41.0 Å². The first kappa shape index (κ1) is 11.6. The third-order valence-corrected chi connectivity index (χ3v) is 4.10. The van der Waals surface area contributed by atoms with E-state index >= 15 is 0 Å². The third-order valence-electron chi connectivity index (χ3n) is 4.10. The summed E-state index contributed by atoms with van der Waals surface area (Å²) in [6, 6.07) is 0. The smallest absolute Gasteiger partial charge is 0.159 e. The van der Waals surface area contributed by atoms with Crippen molar-refractivity contribution >= 4 is 5.78 Å². The molecule has 0 unspecified atom stereocenters. The fourth-order valence-electron chi connectivity index (χ4n) is 2.85. The van der Waals surface area contributed by atoms with Gasteiger partial charge in [0.25, 0.3) is 0 Å². The Labute approximate surface area is 98.6 Å². The van der Waals surface area contributed by atoms with Crippen LogP contribution in [0.15, 0.2) is 23.8 Å². The minimum Gasteiger partial charge on any atom is -0.295 e. The van der Waals surface area contributed by atoms with E-state index in [1.54, 1.807) is 0 Å². The molecule has 2 atom stereocenters. The molecule has 1 fully saturated rings. The van der Waals surface area contributed by atoms with Crippen molar-refractivity contribution < 1.29 is 4.79 Å². The number of fused-ring (bicyclic) bond motifs is 1. The molecular formula is C15H22O. The highest BCUT2D eigenvalue weighted by molar-refractivity contribution is 5.96. The number of hydrogen-bond donors (Lipinski definition) is 0. The monoisotopic (exact) mass is 218 g/mol. The van der Waals surface area contributed by atoms with Gasteiger partial charge in [0.15, 0.2) is 5.78 Å². The molecule has 0 amide bonds. The molecule has 1 saturated carbocycles. The van der Waals surface area contributed by atoms with E-state index in [-0.39, 0.29) is 16.7 Å². The summed E-state index contributed by atoms with van der Waals surface area (Å²) in [6.45, 7) is 11.0. The second-order valence-corrected chi connectivity index (χ2v) is 6.91. The number of carbonyl (C=O) groups is 1. The fraction of sp³-hybridized carbons (Fsp3) is 0.667. The predicted octanol–water partition coefficient (Wildman–Crippen LogP) is 3.76. The average Bonchev–Trinajstić information content (AvgIpc) is 2.12. The topological polar surface area (TPSA) is 17.1 Å².